The van der Waals surface area contributed by atoms with Gasteiger partial charge in [-0.15, -0.1) is 0 Å². The molecule has 0 unspecified atom stereocenters. The van der Waals surface area contributed by atoms with Gasteiger partial charge in [-0.05, 0) is 26.3 Å². The first kappa shape index (κ1) is 15.0. The van der Waals surface area contributed by atoms with Gasteiger partial charge in [-0.2, -0.15) is 0 Å². The van der Waals surface area contributed by atoms with E-state index in [1.54, 1.807) is 6.92 Å². The Morgan fingerprint density at radius 1 is 1.50 bits per heavy atom. The maximum atomic E-state index is 12.2. The summed E-state index contributed by atoms with van der Waals surface area (Å²) in [4.78, 5) is 25.3. The van der Waals surface area contributed by atoms with Crippen LogP contribution in [-0.2, 0) is 23.8 Å². The largest absolute Gasteiger partial charge is 0.456 e. The summed E-state index contributed by atoms with van der Waals surface area (Å²) in [5, 5.41) is 0. The second-order valence-corrected chi connectivity index (χ2v) is 5.38. The Morgan fingerprint density at radius 2 is 2.25 bits per heavy atom. The van der Waals surface area contributed by atoms with E-state index in [0.29, 0.717) is 25.5 Å². The monoisotopic (exact) mass is 283 g/mol. The van der Waals surface area contributed by atoms with E-state index in [1.807, 2.05) is 13.8 Å². The summed E-state index contributed by atoms with van der Waals surface area (Å²) in [5.41, 5.74) is 0.823. The Morgan fingerprint density at radius 3 is 2.85 bits per heavy atom. The van der Waals surface area contributed by atoms with Crippen molar-refractivity contribution in [2.75, 3.05) is 26.4 Å². The molecule has 2 rings (SSSR count). The molecular formula is C14H21NO5. The Balaban J connectivity index is 1.90. The molecule has 1 atom stereocenters. The van der Waals surface area contributed by atoms with E-state index in [0.717, 1.165) is 5.57 Å². The van der Waals surface area contributed by atoms with Gasteiger partial charge in [0, 0.05) is 12.6 Å². The van der Waals surface area contributed by atoms with Gasteiger partial charge in [0.15, 0.2) is 0 Å². The molecule has 0 saturated carbocycles. The van der Waals surface area contributed by atoms with Crippen molar-refractivity contribution < 1.29 is 23.8 Å². The number of esters is 2. The zero-order valence-electron chi connectivity index (χ0n) is 12.2. The molecule has 2 aliphatic rings. The van der Waals surface area contributed by atoms with E-state index >= 15 is 0 Å². The lowest BCUT2D eigenvalue weighted by atomic mass is 10.2. The minimum atomic E-state index is -0.387. The minimum absolute atomic E-state index is 0.0127. The van der Waals surface area contributed by atoms with E-state index in [2.05, 4.69) is 4.90 Å². The summed E-state index contributed by atoms with van der Waals surface area (Å²) < 4.78 is 15.6. The van der Waals surface area contributed by atoms with Crippen molar-refractivity contribution >= 4 is 11.9 Å². The molecule has 2 aliphatic heterocycles. The van der Waals surface area contributed by atoms with E-state index in [1.165, 1.54) is 0 Å². The van der Waals surface area contributed by atoms with Crippen molar-refractivity contribution in [3.8, 4) is 0 Å². The Bertz CT molecular complexity index is 429. The topological polar surface area (TPSA) is 65.1 Å². The van der Waals surface area contributed by atoms with Crippen LogP contribution in [-0.4, -0.2) is 55.3 Å². The number of carbonyl (C=O) groups excluding carboxylic acids is 2. The van der Waals surface area contributed by atoms with Crippen molar-refractivity contribution in [2.24, 2.45) is 0 Å². The summed E-state index contributed by atoms with van der Waals surface area (Å²) in [6.45, 7) is 7.58. The summed E-state index contributed by atoms with van der Waals surface area (Å²) in [7, 11) is 0. The van der Waals surface area contributed by atoms with Gasteiger partial charge in [0.2, 0.25) is 0 Å². The minimum Gasteiger partial charge on any atom is -0.456 e. The van der Waals surface area contributed by atoms with Crippen LogP contribution in [0.3, 0.4) is 0 Å². The van der Waals surface area contributed by atoms with Crippen LogP contribution >= 0.6 is 0 Å². The van der Waals surface area contributed by atoms with Crippen LogP contribution in [0.15, 0.2) is 11.3 Å². The lowest BCUT2D eigenvalue weighted by Crippen LogP contribution is -2.53. The highest BCUT2D eigenvalue weighted by Gasteiger charge is 2.33. The highest BCUT2D eigenvalue weighted by Crippen LogP contribution is 2.20. The third kappa shape index (κ3) is 3.37. The second kappa shape index (κ2) is 6.37. The first-order chi connectivity index (χ1) is 9.49. The third-order valence-corrected chi connectivity index (χ3v) is 3.57. The maximum absolute atomic E-state index is 12.2. The summed E-state index contributed by atoms with van der Waals surface area (Å²) in [5.74, 6) is -0.170. The van der Waals surface area contributed by atoms with Gasteiger partial charge in [-0.1, -0.05) is 0 Å². The first-order valence-corrected chi connectivity index (χ1v) is 6.88. The van der Waals surface area contributed by atoms with Crippen LogP contribution in [0.4, 0.5) is 0 Å². The van der Waals surface area contributed by atoms with Crippen LogP contribution in [0.1, 0.15) is 27.2 Å². The van der Waals surface area contributed by atoms with Gasteiger partial charge in [-0.25, -0.2) is 0 Å². The summed E-state index contributed by atoms with van der Waals surface area (Å²) in [6.07, 6.45) is 0.275. The molecule has 20 heavy (non-hydrogen) atoms. The maximum Gasteiger partial charge on any atom is 0.326 e. The fraction of sp³-hybridized carbons (Fsp3) is 0.714. The fourth-order valence-corrected chi connectivity index (χ4v) is 2.40. The van der Waals surface area contributed by atoms with Crippen LogP contribution in [0, 0.1) is 0 Å². The summed E-state index contributed by atoms with van der Waals surface area (Å²) >= 11 is 0. The molecule has 2 heterocycles. The number of rotatable bonds is 4. The quantitative estimate of drug-likeness (QED) is 0.713. The van der Waals surface area contributed by atoms with E-state index < -0.39 is 0 Å². The molecule has 0 bridgehead atoms. The molecule has 0 spiro atoms. The highest BCUT2D eigenvalue weighted by atomic mass is 16.6. The molecule has 0 aliphatic carbocycles. The molecule has 6 nitrogen and oxygen atoms in total. The Labute approximate surface area is 118 Å². The van der Waals surface area contributed by atoms with E-state index in [9.17, 15) is 9.59 Å². The lowest BCUT2D eigenvalue weighted by Gasteiger charge is -2.36. The van der Waals surface area contributed by atoms with Crippen molar-refractivity contribution in [1.82, 2.24) is 4.90 Å². The predicted molar refractivity (Wildman–Crippen MR) is 70.8 cm³/mol. The molecule has 0 radical (unpaired) electrons. The number of ether oxygens (including phenoxy) is 3. The fourth-order valence-electron chi connectivity index (χ4n) is 2.40. The lowest BCUT2D eigenvalue weighted by molar-refractivity contribution is -0.158. The Hall–Kier alpha value is -1.40. The highest BCUT2D eigenvalue weighted by molar-refractivity contribution is 5.78. The SMILES string of the molecule is CC1=C(COC(=O)[C@@H]2COCCN2C(C)C)OC(=O)C1. The molecule has 0 amide bonds. The van der Waals surface area contributed by atoms with Crippen molar-refractivity contribution in [1.29, 1.82) is 0 Å². The van der Waals surface area contributed by atoms with Gasteiger partial charge in [0.25, 0.3) is 0 Å². The molecule has 0 aromatic carbocycles. The van der Waals surface area contributed by atoms with Crippen LogP contribution in [0.2, 0.25) is 0 Å². The predicted octanol–water partition coefficient (Wildman–Crippen LogP) is 0.860. The van der Waals surface area contributed by atoms with Crippen LogP contribution in [0.25, 0.3) is 0 Å². The molecule has 1 saturated heterocycles. The van der Waals surface area contributed by atoms with Gasteiger partial charge in [-0.3, -0.25) is 14.5 Å². The van der Waals surface area contributed by atoms with Gasteiger partial charge in [0.1, 0.15) is 18.4 Å². The molecular weight excluding hydrogens is 262 g/mol. The third-order valence-electron chi connectivity index (χ3n) is 3.57. The average Bonchev–Trinajstić information content (AvgIpc) is 2.74. The number of morpholine rings is 1. The number of hydrogen-bond acceptors (Lipinski definition) is 6. The second-order valence-electron chi connectivity index (χ2n) is 5.38. The van der Waals surface area contributed by atoms with E-state index in [-0.39, 0.29) is 37.0 Å². The number of nitrogens with zero attached hydrogens (tertiary/aromatic N) is 1. The van der Waals surface area contributed by atoms with Crippen LogP contribution < -0.4 is 0 Å². The molecule has 0 aromatic heterocycles. The molecule has 0 N–H and O–H groups in total. The van der Waals surface area contributed by atoms with Crippen molar-refractivity contribution in [3.63, 3.8) is 0 Å². The molecule has 1 fully saturated rings. The summed E-state index contributed by atoms with van der Waals surface area (Å²) in [6, 6.07) is -0.136. The van der Waals surface area contributed by atoms with E-state index in [4.69, 9.17) is 14.2 Å². The molecule has 112 valence electrons. The van der Waals surface area contributed by atoms with Gasteiger partial charge >= 0.3 is 11.9 Å². The average molecular weight is 283 g/mol. The first-order valence-electron chi connectivity index (χ1n) is 6.88. The molecule has 0 aromatic rings. The smallest absolute Gasteiger partial charge is 0.326 e. The molecule has 6 heteroatoms. The zero-order valence-corrected chi connectivity index (χ0v) is 12.2. The van der Waals surface area contributed by atoms with Crippen molar-refractivity contribution in [3.05, 3.63) is 11.3 Å². The number of hydrogen-bond donors (Lipinski definition) is 0. The number of cyclic esters (lactones) is 1. The van der Waals surface area contributed by atoms with Crippen molar-refractivity contribution in [2.45, 2.75) is 39.3 Å². The number of carbonyl (C=O) groups is 2. The van der Waals surface area contributed by atoms with Gasteiger partial charge < -0.3 is 14.2 Å². The zero-order chi connectivity index (χ0) is 14.7. The normalized spacial score (nSPS) is 24.2. The Kier molecular flexibility index (Phi) is 4.77. The van der Waals surface area contributed by atoms with Gasteiger partial charge in [0.05, 0.1) is 19.6 Å². The standard InChI is InChI=1S/C14H21NO5/c1-9(2)15-4-5-18-7-11(15)14(17)19-8-12-10(3)6-13(16)20-12/h9,11H,4-8H2,1-3H3/t11-/m0/s1. The van der Waals surface area contributed by atoms with Crippen LogP contribution in [0.5, 0.6) is 0 Å².